The lowest BCUT2D eigenvalue weighted by atomic mass is 9.92. The zero-order chi connectivity index (χ0) is 10.7. The SMILES string of the molecule is Cl.NNC(=O)[C@@H]1OCC[C@@H]1c1ccccc1. The summed E-state index contributed by atoms with van der Waals surface area (Å²) in [6, 6.07) is 9.90. The van der Waals surface area contributed by atoms with Crippen LogP contribution in [0.5, 0.6) is 0 Å². The Labute approximate surface area is 101 Å². The van der Waals surface area contributed by atoms with E-state index < -0.39 is 6.10 Å². The van der Waals surface area contributed by atoms with Crippen molar-refractivity contribution in [1.82, 2.24) is 5.43 Å². The molecule has 0 aliphatic carbocycles. The molecule has 0 radical (unpaired) electrons. The Kier molecular flexibility index (Phi) is 4.73. The van der Waals surface area contributed by atoms with Crippen LogP contribution in [0.3, 0.4) is 0 Å². The van der Waals surface area contributed by atoms with E-state index in [1.165, 1.54) is 0 Å². The number of hydrogen-bond acceptors (Lipinski definition) is 3. The number of benzene rings is 1. The Morgan fingerprint density at radius 1 is 1.38 bits per heavy atom. The Morgan fingerprint density at radius 2 is 2.06 bits per heavy atom. The van der Waals surface area contributed by atoms with Gasteiger partial charge in [-0.05, 0) is 12.0 Å². The van der Waals surface area contributed by atoms with Gasteiger partial charge >= 0.3 is 0 Å². The van der Waals surface area contributed by atoms with Crippen LogP contribution < -0.4 is 11.3 Å². The minimum absolute atomic E-state index is 0. The predicted octanol–water partition coefficient (Wildman–Crippen LogP) is 0.971. The summed E-state index contributed by atoms with van der Waals surface area (Å²) < 4.78 is 5.38. The van der Waals surface area contributed by atoms with Gasteiger partial charge in [0.25, 0.3) is 5.91 Å². The molecule has 4 nitrogen and oxygen atoms in total. The topological polar surface area (TPSA) is 64.3 Å². The molecule has 2 atom stereocenters. The number of hydrogen-bond donors (Lipinski definition) is 2. The number of nitrogens with two attached hydrogens (primary N) is 1. The van der Waals surface area contributed by atoms with E-state index in [0.29, 0.717) is 6.61 Å². The van der Waals surface area contributed by atoms with Crippen LogP contribution in [-0.4, -0.2) is 18.6 Å². The third-order valence-electron chi connectivity index (χ3n) is 2.72. The van der Waals surface area contributed by atoms with Gasteiger partial charge in [0.1, 0.15) is 6.10 Å². The molecule has 1 fully saturated rings. The second kappa shape index (κ2) is 5.84. The molecule has 0 spiro atoms. The second-order valence-electron chi connectivity index (χ2n) is 3.61. The van der Waals surface area contributed by atoms with Gasteiger partial charge in [-0.25, -0.2) is 5.84 Å². The number of amides is 1. The first-order valence-corrected chi connectivity index (χ1v) is 5.00. The van der Waals surface area contributed by atoms with Crippen LogP contribution in [0.25, 0.3) is 0 Å². The maximum absolute atomic E-state index is 11.4. The predicted molar refractivity (Wildman–Crippen MR) is 63.1 cm³/mol. The third kappa shape index (κ3) is 2.52. The van der Waals surface area contributed by atoms with E-state index in [1.807, 2.05) is 30.3 Å². The van der Waals surface area contributed by atoms with Crippen LogP contribution in [0, 0.1) is 0 Å². The molecule has 1 aromatic rings. The fourth-order valence-electron chi connectivity index (χ4n) is 1.97. The maximum Gasteiger partial charge on any atom is 0.263 e. The van der Waals surface area contributed by atoms with Crippen molar-refractivity contribution in [2.75, 3.05) is 6.61 Å². The fourth-order valence-corrected chi connectivity index (χ4v) is 1.97. The molecule has 1 amide bonds. The maximum atomic E-state index is 11.4. The van der Waals surface area contributed by atoms with Gasteiger partial charge in [-0.1, -0.05) is 30.3 Å². The van der Waals surface area contributed by atoms with Crippen molar-refractivity contribution in [1.29, 1.82) is 0 Å². The van der Waals surface area contributed by atoms with E-state index in [0.717, 1.165) is 12.0 Å². The van der Waals surface area contributed by atoms with Crippen LogP contribution in [0.15, 0.2) is 30.3 Å². The highest BCUT2D eigenvalue weighted by atomic mass is 35.5. The van der Waals surface area contributed by atoms with Crippen molar-refractivity contribution < 1.29 is 9.53 Å². The van der Waals surface area contributed by atoms with E-state index in [4.69, 9.17) is 10.6 Å². The van der Waals surface area contributed by atoms with Crippen molar-refractivity contribution in [3.63, 3.8) is 0 Å². The Balaban J connectivity index is 0.00000128. The molecule has 1 saturated heterocycles. The minimum atomic E-state index is -0.447. The molecular weight excluding hydrogens is 228 g/mol. The number of ether oxygens (including phenoxy) is 1. The highest BCUT2D eigenvalue weighted by Crippen LogP contribution is 2.30. The van der Waals surface area contributed by atoms with Crippen molar-refractivity contribution in [3.8, 4) is 0 Å². The first-order chi connectivity index (χ1) is 7.33. The Morgan fingerprint density at radius 3 is 2.69 bits per heavy atom. The molecule has 3 N–H and O–H groups in total. The Bertz CT molecular complexity index is 345. The fraction of sp³-hybridized carbons (Fsp3) is 0.364. The average molecular weight is 243 g/mol. The molecule has 0 saturated carbocycles. The van der Waals surface area contributed by atoms with Crippen LogP contribution in [-0.2, 0) is 9.53 Å². The zero-order valence-electron chi connectivity index (χ0n) is 8.76. The molecule has 5 heteroatoms. The molecule has 88 valence electrons. The average Bonchev–Trinajstić information content (AvgIpc) is 2.78. The van der Waals surface area contributed by atoms with Crippen LogP contribution in [0.1, 0.15) is 17.9 Å². The standard InChI is InChI=1S/C11H14N2O2.ClH/c12-13-11(14)10-9(6-7-15-10)8-4-2-1-3-5-8;/h1-5,9-10H,6-7,12H2,(H,13,14);1H/t9-,10-;/m1./s1. The molecule has 0 unspecified atom stereocenters. The molecule has 1 heterocycles. The highest BCUT2D eigenvalue weighted by Gasteiger charge is 2.34. The molecule has 1 aromatic carbocycles. The van der Waals surface area contributed by atoms with Crippen molar-refractivity contribution in [2.24, 2.45) is 5.84 Å². The summed E-state index contributed by atoms with van der Waals surface area (Å²) in [5.41, 5.74) is 3.27. The van der Waals surface area contributed by atoms with Crippen LogP contribution in [0.2, 0.25) is 0 Å². The normalized spacial score (nSPS) is 23.6. The van der Waals surface area contributed by atoms with Gasteiger partial charge in [0.05, 0.1) is 0 Å². The lowest BCUT2D eigenvalue weighted by molar-refractivity contribution is -0.130. The second-order valence-corrected chi connectivity index (χ2v) is 3.61. The van der Waals surface area contributed by atoms with Gasteiger partial charge in [0, 0.05) is 12.5 Å². The summed E-state index contributed by atoms with van der Waals surface area (Å²) in [6.07, 6.45) is 0.416. The summed E-state index contributed by atoms with van der Waals surface area (Å²) in [7, 11) is 0. The molecular formula is C11H15ClN2O2. The molecule has 0 aromatic heterocycles. The van der Waals surface area contributed by atoms with E-state index in [2.05, 4.69) is 5.43 Å². The van der Waals surface area contributed by atoms with E-state index in [1.54, 1.807) is 0 Å². The summed E-state index contributed by atoms with van der Waals surface area (Å²) in [6.45, 7) is 0.609. The quantitative estimate of drug-likeness (QED) is 0.462. The lowest BCUT2D eigenvalue weighted by Crippen LogP contribution is -2.41. The van der Waals surface area contributed by atoms with Crippen molar-refractivity contribution in [3.05, 3.63) is 35.9 Å². The summed E-state index contributed by atoms with van der Waals surface area (Å²) in [4.78, 5) is 11.4. The number of carbonyl (C=O) groups is 1. The molecule has 0 bridgehead atoms. The number of halogens is 1. The van der Waals surface area contributed by atoms with Gasteiger partial charge in [0.2, 0.25) is 0 Å². The third-order valence-corrected chi connectivity index (χ3v) is 2.72. The number of rotatable bonds is 2. The lowest BCUT2D eigenvalue weighted by Gasteiger charge is -2.16. The summed E-state index contributed by atoms with van der Waals surface area (Å²) >= 11 is 0. The van der Waals surface area contributed by atoms with Crippen molar-refractivity contribution in [2.45, 2.75) is 18.4 Å². The van der Waals surface area contributed by atoms with Gasteiger partial charge in [0.15, 0.2) is 0 Å². The van der Waals surface area contributed by atoms with E-state index >= 15 is 0 Å². The van der Waals surface area contributed by atoms with Gasteiger partial charge < -0.3 is 4.74 Å². The number of nitrogens with one attached hydrogen (secondary N) is 1. The summed E-state index contributed by atoms with van der Waals surface area (Å²) in [5, 5.41) is 0. The molecule has 1 aliphatic heterocycles. The monoisotopic (exact) mass is 242 g/mol. The van der Waals surface area contributed by atoms with Gasteiger partial charge in [-0.2, -0.15) is 0 Å². The number of hydrazine groups is 1. The van der Waals surface area contributed by atoms with E-state index in [9.17, 15) is 4.79 Å². The molecule has 1 aliphatic rings. The van der Waals surface area contributed by atoms with Crippen LogP contribution >= 0.6 is 12.4 Å². The Hall–Kier alpha value is -1.10. The zero-order valence-corrected chi connectivity index (χ0v) is 9.57. The molecule has 16 heavy (non-hydrogen) atoms. The van der Waals surface area contributed by atoms with Crippen molar-refractivity contribution >= 4 is 18.3 Å². The van der Waals surface area contributed by atoms with Crippen LogP contribution in [0.4, 0.5) is 0 Å². The van der Waals surface area contributed by atoms with E-state index in [-0.39, 0.29) is 24.2 Å². The minimum Gasteiger partial charge on any atom is -0.368 e. The first kappa shape index (κ1) is 13.0. The smallest absolute Gasteiger partial charge is 0.263 e. The molecule has 2 rings (SSSR count). The first-order valence-electron chi connectivity index (χ1n) is 5.00. The number of carbonyl (C=O) groups excluding carboxylic acids is 1. The largest absolute Gasteiger partial charge is 0.368 e. The summed E-state index contributed by atoms with van der Waals surface area (Å²) in [5.74, 6) is 4.98. The van der Waals surface area contributed by atoms with Gasteiger partial charge in [-0.3, -0.25) is 10.2 Å². The van der Waals surface area contributed by atoms with Gasteiger partial charge in [-0.15, -0.1) is 12.4 Å². The highest BCUT2D eigenvalue weighted by molar-refractivity contribution is 5.85.